The van der Waals surface area contributed by atoms with Gasteiger partial charge in [0.2, 0.25) is 0 Å². The molecule has 0 spiro atoms. The number of rotatable bonds is 6. The van der Waals surface area contributed by atoms with Gasteiger partial charge in [0.25, 0.3) is 0 Å². The first kappa shape index (κ1) is 15.4. The van der Waals surface area contributed by atoms with E-state index in [-0.39, 0.29) is 12.6 Å². The highest BCUT2D eigenvalue weighted by Gasteiger charge is 2.08. The fraction of sp³-hybridized carbons (Fsp3) is 0.294. The minimum absolute atomic E-state index is 0.0133. The Labute approximate surface area is 125 Å². The second-order valence-electron chi connectivity index (χ2n) is 4.92. The van der Waals surface area contributed by atoms with Gasteiger partial charge in [0.1, 0.15) is 0 Å². The summed E-state index contributed by atoms with van der Waals surface area (Å²) < 4.78 is 10.6. The summed E-state index contributed by atoms with van der Waals surface area (Å²) in [5.74, 6) is 1.41. The Morgan fingerprint density at radius 3 is 2.38 bits per heavy atom. The van der Waals surface area contributed by atoms with Crippen molar-refractivity contribution in [2.75, 3.05) is 20.8 Å². The van der Waals surface area contributed by atoms with Crippen LogP contribution in [0.5, 0.6) is 11.5 Å². The normalized spacial score (nSPS) is 12.0. The van der Waals surface area contributed by atoms with Crippen LogP contribution < -0.4 is 15.2 Å². The van der Waals surface area contributed by atoms with Gasteiger partial charge >= 0.3 is 0 Å². The Morgan fingerprint density at radius 2 is 1.71 bits per heavy atom. The zero-order valence-corrected chi connectivity index (χ0v) is 12.4. The molecule has 4 nitrogen and oxygen atoms in total. The van der Waals surface area contributed by atoms with E-state index in [2.05, 4.69) is 6.07 Å². The van der Waals surface area contributed by atoms with Crippen LogP contribution in [-0.2, 0) is 6.42 Å². The molecule has 1 atom stereocenters. The first-order valence-corrected chi connectivity index (χ1v) is 6.85. The molecule has 0 aliphatic heterocycles. The topological polar surface area (TPSA) is 64.7 Å². The third-order valence-electron chi connectivity index (χ3n) is 3.38. The maximum absolute atomic E-state index is 9.05. The van der Waals surface area contributed by atoms with Crippen molar-refractivity contribution in [2.45, 2.75) is 12.5 Å². The Balaban J connectivity index is 2.31. The lowest BCUT2D eigenvalue weighted by atomic mass is 9.99. The molecular formula is C17H21NO3. The van der Waals surface area contributed by atoms with Crippen molar-refractivity contribution in [3.63, 3.8) is 0 Å². The number of benzene rings is 2. The summed E-state index contributed by atoms with van der Waals surface area (Å²) in [6.45, 7) is -0.0133. The van der Waals surface area contributed by atoms with Gasteiger partial charge in [-0.15, -0.1) is 0 Å². The van der Waals surface area contributed by atoms with Crippen LogP contribution in [0.1, 0.15) is 5.56 Å². The molecule has 21 heavy (non-hydrogen) atoms. The summed E-state index contributed by atoms with van der Waals surface area (Å²) in [5, 5.41) is 9.05. The average Bonchev–Trinajstić information content (AvgIpc) is 2.54. The van der Waals surface area contributed by atoms with Gasteiger partial charge in [0, 0.05) is 6.04 Å². The quantitative estimate of drug-likeness (QED) is 0.855. The first-order valence-electron chi connectivity index (χ1n) is 6.85. The zero-order chi connectivity index (χ0) is 15.2. The number of aliphatic hydroxyl groups is 1. The van der Waals surface area contributed by atoms with E-state index in [1.54, 1.807) is 14.2 Å². The molecule has 4 heteroatoms. The molecule has 0 radical (unpaired) electrons. The largest absolute Gasteiger partial charge is 0.493 e. The Hall–Kier alpha value is -2.04. The highest BCUT2D eigenvalue weighted by Crippen LogP contribution is 2.32. The Morgan fingerprint density at radius 1 is 1.00 bits per heavy atom. The molecule has 112 valence electrons. The van der Waals surface area contributed by atoms with E-state index in [9.17, 15) is 0 Å². The molecule has 2 aromatic rings. The lowest BCUT2D eigenvalue weighted by Crippen LogP contribution is -2.26. The summed E-state index contributed by atoms with van der Waals surface area (Å²) in [7, 11) is 3.24. The monoisotopic (exact) mass is 287 g/mol. The summed E-state index contributed by atoms with van der Waals surface area (Å²) >= 11 is 0. The second kappa shape index (κ2) is 7.11. The molecule has 0 amide bonds. The minimum Gasteiger partial charge on any atom is -0.493 e. The molecule has 0 aliphatic carbocycles. The smallest absolute Gasteiger partial charge is 0.161 e. The van der Waals surface area contributed by atoms with E-state index in [0.29, 0.717) is 17.9 Å². The van der Waals surface area contributed by atoms with Crippen LogP contribution in [0.25, 0.3) is 11.1 Å². The van der Waals surface area contributed by atoms with Gasteiger partial charge in [0.05, 0.1) is 20.8 Å². The lowest BCUT2D eigenvalue weighted by Gasteiger charge is -2.12. The van der Waals surface area contributed by atoms with Gasteiger partial charge < -0.3 is 20.3 Å². The van der Waals surface area contributed by atoms with E-state index in [1.807, 2.05) is 36.4 Å². The third-order valence-corrected chi connectivity index (χ3v) is 3.38. The number of methoxy groups -OCH3 is 2. The first-order chi connectivity index (χ1) is 10.2. The molecular weight excluding hydrogens is 266 g/mol. The van der Waals surface area contributed by atoms with Crippen molar-refractivity contribution in [2.24, 2.45) is 5.73 Å². The van der Waals surface area contributed by atoms with Gasteiger partial charge in [-0.1, -0.05) is 30.3 Å². The van der Waals surface area contributed by atoms with Crippen LogP contribution in [0.15, 0.2) is 42.5 Å². The fourth-order valence-corrected chi connectivity index (χ4v) is 2.26. The van der Waals surface area contributed by atoms with Crippen LogP contribution in [0.3, 0.4) is 0 Å². The van der Waals surface area contributed by atoms with Crippen molar-refractivity contribution in [1.82, 2.24) is 0 Å². The van der Waals surface area contributed by atoms with E-state index in [4.69, 9.17) is 20.3 Å². The summed E-state index contributed by atoms with van der Waals surface area (Å²) in [6, 6.07) is 13.7. The Bertz CT molecular complexity index is 598. The number of hydrogen-bond donors (Lipinski definition) is 2. The van der Waals surface area contributed by atoms with E-state index >= 15 is 0 Å². The number of nitrogens with two attached hydrogens (primary N) is 1. The molecule has 0 bridgehead atoms. The van der Waals surface area contributed by atoms with Crippen LogP contribution in [0.4, 0.5) is 0 Å². The van der Waals surface area contributed by atoms with Crippen molar-refractivity contribution in [3.05, 3.63) is 48.0 Å². The molecule has 0 aliphatic rings. The van der Waals surface area contributed by atoms with E-state index < -0.39 is 0 Å². The summed E-state index contributed by atoms with van der Waals surface area (Å²) in [5.41, 5.74) is 9.02. The molecule has 0 aromatic heterocycles. The van der Waals surface area contributed by atoms with Crippen LogP contribution in [0.2, 0.25) is 0 Å². The average molecular weight is 287 g/mol. The predicted octanol–water partition coefficient (Wildman–Crippen LogP) is 2.23. The Kier molecular flexibility index (Phi) is 5.20. The minimum atomic E-state index is -0.231. The lowest BCUT2D eigenvalue weighted by molar-refractivity contribution is 0.265. The van der Waals surface area contributed by atoms with Crippen molar-refractivity contribution in [1.29, 1.82) is 0 Å². The van der Waals surface area contributed by atoms with Gasteiger partial charge in [0.15, 0.2) is 11.5 Å². The molecule has 0 saturated heterocycles. The zero-order valence-electron chi connectivity index (χ0n) is 12.4. The SMILES string of the molecule is COc1ccc(-c2cccc(CC(N)CO)c2)cc1OC. The number of aliphatic hydroxyl groups excluding tert-OH is 1. The number of hydrogen-bond acceptors (Lipinski definition) is 4. The molecule has 2 rings (SSSR count). The molecule has 3 N–H and O–H groups in total. The summed E-state index contributed by atoms with van der Waals surface area (Å²) in [6.07, 6.45) is 0.650. The highest BCUT2D eigenvalue weighted by molar-refractivity contribution is 5.67. The van der Waals surface area contributed by atoms with Crippen LogP contribution in [-0.4, -0.2) is 32.0 Å². The van der Waals surface area contributed by atoms with Crippen LogP contribution >= 0.6 is 0 Å². The molecule has 0 saturated carbocycles. The van der Waals surface area contributed by atoms with Crippen molar-refractivity contribution >= 4 is 0 Å². The van der Waals surface area contributed by atoms with Gasteiger partial charge in [-0.05, 0) is 35.2 Å². The van der Waals surface area contributed by atoms with Gasteiger partial charge in [-0.2, -0.15) is 0 Å². The molecule has 0 heterocycles. The molecule has 1 unspecified atom stereocenters. The molecule has 2 aromatic carbocycles. The highest BCUT2D eigenvalue weighted by atomic mass is 16.5. The number of ether oxygens (including phenoxy) is 2. The standard InChI is InChI=1S/C17H21NO3/c1-20-16-7-6-14(10-17(16)21-2)13-5-3-4-12(8-13)9-15(18)11-19/h3-8,10,15,19H,9,11,18H2,1-2H3. The van der Waals surface area contributed by atoms with Gasteiger partial charge in [-0.3, -0.25) is 0 Å². The maximum atomic E-state index is 9.05. The van der Waals surface area contributed by atoms with E-state index in [0.717, 1.165) is 16.7 Å². The van der Waals surface area contributed by atoms with Crippen molar-refractivity contribution in [3.8, 4) is 22.6 Å². The maximum Gasteiger partial charge on any atom is 0.161 e. The fourth-order valence-electron chi connectivity index (χ4n) is 2.26. The third kappa shape index (κ3) is 3.74. The summed E-state index contributed by atoms with van der Waals surface area (Å²) in [4.78, 5) is 0. The van der Waals surface area contributed by atoms with Crippen LogP contribution in [0, 0.1) is 0 Å². The second-order valence-corrected chi connectivity index (χ2v) is 4.92. The molecule has 0 fully saturated rings. The van der Waals surface area contributed by atoms with E-state index in [1.165, 1.54) is 0 Å². The van der Waals surface area contributed by atoms with Gasteiger partial charge in [-0.25, -0.2) is 0 Å². The predicted molar refractivity (Wildman–Crippen MR) is 83.7 cm³/mol. The van der Waals surface area contributed by atoms with Crippen molar-refractivity contribution < 1.29 is 14.6 Å².